The molecule has 0 bridgehead atoms. The Morgan fingerprint density at radius 3 is 2.82 bits per heavy atom. The van der Waals surface area contributed by atoms with E-state index in [0.29, 0.717) is 10.2 Å². The monoisotopic (exact) mass is 286 g/mol. The highest BCUT2D eigenvalue weighted by Gasteiger charge is 2.07. The van der Waals surface area contributed by atoms with Crippen molar-refractivity contribution in [2.24, 2.45) is 0 Å². The second kappa shape index (κ2) is 5.83. The molecule has 2 nitrogen and oxygen atoms in total. The van der Waals surface area contributed by atoms with Crippen molar-refractivity contribution in [3.8, 4) is 0 Å². The summed E-state index contributed by atoms with van der Waals surface area (Å²) in [7, 11) is 2.06. The minimum Gasteiger partial charge on any atom is -0.297 e. The zero-order chi connectivity index (χ0) is 12.3. The molecule has 90 valence electrons. The molecule has 2 aromatic rings. The van der Waals surface area contributed by atoms with Gasteiger partial charge in [-0.25, -0.2) is 4.98 Å². The Bertz CT molecular complexity index is 485. The summed E-state index contributed by atoms with van der Waals surface area (Å²) in [6.07, 6.45) is 1.73. The summed E-state index contributed by atoms with van der Waals surface area (Å²) in [6, 6.07) is 5.87. The molecule has 0 amide bonds. The maximum absolute atomic E-state index is 6.11. The van der Waals surface area contributed by atoms with Gasteiger partial charge >= 0.3 is 0 Å². The van der Waals surface area contributed by atoms with Crippen LogP contribution in [-0.4, -0.2) is 16.9 Å². The van der Waals surface area contributed by atoms with E-state index in [2.05, 4.69) is 34.4 Å². The van der Waals surface area contributed by atoms with E-state index in [9.17, 15) is 0 Å². The van der Waals surface area contributed by atoms with Crippen molar-refractivity contribution in [1.82, 2.24) is 9.88 Å². The maximum Gasteiger partial charge on any atom is 0.130 e. The van der Waals surface area contributed by atoms with Gasteiger partial charge in [-0.3, -0.25) is 4.90 Å². The normalized spacial score (nSPS) is 11.1. The van der Waals surface area contributed by atoms with E-state index in [0.717, 1.165) is 18.7 Å². The van der Waals surface area contributed by atoms with Gasteiger partial charge in [0.15, 0.2) is 0 Å². The van der Waals surface area contributed by atoms with Crippen LogP contribution in [0.25, 0.3) is 0 Å². The Morgan fingerprint density at radius 2 is 2.18 bits per heavy atom. The molecule has 0 spiro atoms. The van der Waals surface area contributed by atoms with Crippen LogP contribution in [0.1, 0.15) is 10.4 Å². The highest BCUT2D eigenvalue weighted by atomic mass is 35.5. The van der Waals surface area contributed by atoms with Gasteiger partial charge in [0.1, 0.15) is 5.15 Å². The predicted molar refractivity (Wildman–Crippen MR) is 73.7 cm³/mol. The molecule has 2 heterocycles. The molecular formula is C12H12Cl2N2S. The number of thiophene rings is 1. The molecule has 0 N–H and O–H groups in total. The molecule has 0 aromatic carbocycles. The van der Waals surface area contributed by atoms with Gasteiger partial charge in [-0.05, 0) is 24.6 Å². The lowest BCUT2D eigenvalue weighted by atomic mass is 10.2. The van der Waals surface area contributed by atoms with Gasteiger partial charge in [-0.15, -0.1) is 11.3 Å². The van der Waals surface area contributed by atoms with Gasteiger partial charge in [-0.2, -0.15) is 0 Å². The van der Waals surface area contributed by atoms with E-state index in [1.165, 1.54) is 4.88 Å². The maximum atomic E-state index is 6.11. The largest absolute Gasteiger partial charge is 0.297 e. The summed E-state index contributed by atoms with van der Waals surface area (Å²) < 4.78 is 0. The average Bonchev–Trinajstić information content (AvgIpc) is 2.75. The Kier molecular flexibility index (Phi) is 4.40. The van der Waals surface area contributed by atoms with Gasteiger partial charge in [0.25, 0.3) is 0 Å². The Labute approximate surface area is 115 Å². The number of rotatable bonds is 4. The number of aromatic nitrogens is 1. The van der Waals surface area contributed by atoms with E-state index < -0.39 is 0 Å². The SMILES string of the molecule is CN(Cc1cccs1)Cc1cnc(Cl)cc1Cl. The minimum atomic E-state index is 0.430. The lowest BCUT2D eigenvalue weighted by Crippen LogP contribution is -2.16. The summed E-state index contributed by atoms with van der Waals surface area (Å²) in [5, 5.41) is 3.18. The van der Waals surface area contributed by atoms with Crippen LogP contribution in [-0.2, 0) is 13.1 Å². The van der Waals surface area contributed by atoms with Crippen molar-refractivity contribution in [1.29, 1.82) is 0 Å². The van der Waals surface area contributed by atoms with Crippen molar-refractivity contribution >= 4 is 34.5 Å². The minimum absolute atomic E-state index is 0.430. The van der Waals surface area contributed by atoms with Crippen molar-refractivity contribution in [2.45, 2.75) is 13.1 Å². The Hall–Kier alpha value is -0.610. The Morgan fingerprint density at radius 1 is 1.35 bits per heavy atom. The first-order valence-corrected chi connectivity index (χ1v) is 6.79. The van der Waals surface area contributed by atoms with Crippen LogP contribution in [0.3, 0.4) is 0 Å². The fourth-order valence-corrected chi connectivity index (χ4v) is 2.78. The average molecular weight is 287 g/mol. The van der Waals surface area contributed by atoms with Gasteiger partial charge in [0.2, 0.25) is 0 Å². The summed E-state index contributed by atoms with van der Waals surface area (Å²) in [4.78, 5) is 7.58. The third-order valence-corrected chi connectivity index (χ3v) is 3.76. The van der Waals surface area contributed by atoms with Gasteiger partial charge in [0, 0.05) is 34.7 Å². The zero-order valence-corrected chi connectivity index (χ0v) is 11.7. The lowest BCUT2D eigenvalue weighted by Gasteiger charge is -2.16. The van der Waals surface area contributed by atoms with Gasteiger partial charge in [0.05, 0.1) is 0 Å². The molecule has 0 saturated heterocycles. The van der Waals surface area contributed by atoms with Crippen LogP contribution < -0.4 is 0 Å². The van der Waals surface area contributed by atoms with E-state index in [1.807, 2.05) is 0 Å². The smallest absolute Gasteiger partial charge is 0.130 e. The highest BCUT2D eigenvalue weighted by molar-refractivity contribution is 7.09. The molecule has 2 rings (SSSR count). The molecule has 0 atom stereocenters. The summed E-state index contributed by atoms with van der Waals surface area (Å²) >= 11 is 13.6. The van der Waals surface area contributed by atoms with E-state index in [4.69, 9.17) is 23.2 Å². The molecule has 17 heavy (non-hydrogen) atoms. The lowest BCUT2D eigenvalue weighted by molar-refractivity contribution is 0.321. The third-order valence-electron chi connectivity index (χ3n) is 2.34. The van der Waals surface area contributed by atoms with Crippen LogP contribution >= 0.6 is 34.5 Å². The summed E-state index contributed by atoms with van der Waals surface area (Å²) in [5.41, 5.74) is 0.995. The molecular weight excluding hydrogens is 275 g/mol. The molecule has 0 unspecified atom stereocenters. The first-order valence-electron chi connectivity index (χ1n) is 5.16. The highest BCUT2D eigenvalue weighted by Crippen LogP contribution is 2.20. The quantitative estimate of drug-likeness (QED) is 0.788. The predicted octanol–water partition coefficient (Wildman–Crippen LogP) is 4.08. The molecule has 0 aliphatic heterocycles. The fourth-order valence-electron chi connectivity index (χ4n) is 1.57. The van der Waals surface area contributed by atoms with Crippen LogP contribution in [0.2, 0.25) is 10.2 Å². The van der Waals surface area contributed by atoms with Gasteiger partial charge in [-0.1, -0.05) is 29.3 Å². The second-order valence-corrected chi connectivity index (χ2v) is 5.68. The fraction of sp³-hybridized carbons (Fsp3) is 0.250. The van der Waals surface area contributed by atoms with Crippen LogP contribution in [0, 0.1) is 0 Å². The number of hydrogen-bond acceptors (Lipinski definition) is 3. The third kappa shape index (κ3) is 3.68. The van der Waals surface area contributed by atoms with Crippen molar-refractivity contribution in [3.63, 3.8) is 0 Å². The number of hydrogen-bond donors (Lipinski definition) is 0. The van der Waals surface area contributed by atoms with Crippen molar-refractivity contribution in [3.05, 3.63) is 50.4 Å². The van der Waals surface area contributed by atoms with Crippen LogP contribution in [0.15, 0.2) is 29.8 Å². The topological polar surface area (TPSA) is 16.1 Å². The number of halogens is 2. The van der Waals surface area contributed by atoms with Crippen LogP contribution in [0.4, 0.5) is 0 Å². The van der Waals surface area contributed by atoms with E-state index in [1.54, 1.807) is 23.6 Å². The zero-order valence-electron chi connectivity index (χ0n) is 9.36. The standard InChI is InChI=1S/C12H12Cl2N2S/c1-16(8-10-3-2-4-17-10)7-9-6-15-12(14)5-11(9)13/h2-6H,7-8H2,1H3. The molecule has 0 radical (unpaired) electrons. The molecule has 0 fully saturated rings. The number of pyridine rings is 1. The summed E-state index contributed by atoms with van der Waals surface area (Å²) in [6.45, 7) is 1.68. The first-order chi connectivity index (χ1) is 8.15. The summed E-state index contributed by atoms with van der Waals surface area (Å²) in [5.74, 6) is 0. The molecule has 0 aliphatic rings. The first kappa shape index (κ1) is 12.8. The number of nitrogens with zero attached hydrogens (tertiary/aromatic N) is 2. The molecule has 2 aromatic heterocycles. The van der Waals surface area contributed by atoms with E-state index >= 15 is 0 Å². The Balaban J connectivity index is 2.00. The van der Waals surface area contributed by atoms with E-state index in [-0.39, 0.29) is 0 Å². The van der Waals surface area contributed by atoms with Crippen molar-refractivity contribution in [2.75, 3.05) is 7.05 Å². The van der Waals surface area contributed by atoms with Gasteiger partial charge < -0.3 is 0 Å². The second-order valence-electron chi connectivity index (χ2n) is 3.85. The molecule has 0 aliphatic carbocycles. The van der Waals surface area contributed by atoms with Crippen LogP contribution in [0.5, 0.6) is 0 Å². The van der Waals surface area contributed by atoms with Crippen molar-refractivity contribution < 1.29 is 0 Å². The molecule has 0 saturated carbocycles. The molecule has 5 heteroatoms.